The molecule has 1 amide bonds. The number of pyridine rings is 1. The first-order chi connectivity index (χ1) is 9.19. The van der Waals surface area contributed by atoms with Crippen LogP contribution >= 0.6 is 11.3 Å². The van der Waals surface area contributed by atoms with E-state index in [1.54, 1.807) is 24.5 Å². The van der Waals surface area contributed by atoms with Crippen molar-refractivity contribution >= 4 is 22.4 Å². The van der Waals surface area contributed by atoms with E-state index in [0.717, 1.165) is 10.6 Å². The molecule has 6 heteroatoms. The van der Waals surface area contributed by atoms with E-state index in [1.165, 1.54) is 11.3 Å². The number of aryl methyl sites for hydroxylation is 1. The van der Waals surface area contributed by atoms with Crippen LogP contribution in [0.15, 0.2) is 24.5 Å². The van der Waals surface area contributed by atoms with Crippen LogP contribution in [0.2, 0.25) is 0 Å². The van der Waals surface area contributed by atoms with E-state index in [0.29, 0.717) is 17.2 Å². The minimum atomic E-state index is -0.210. The molecule has 2 aromatic rings. The van der Waals surface area contributed by atoms with E-state index in [9.17, 15) is 4.79 Å². The van der Waals surface area contributed by atoms with Crippen LogP contribution in [0.4, 0.5) is 5.13 Å². The van der Waals surface area contributed by atoms with E-state index in [-0.39, 0.29) is 5.91 Å². The zero-order valence-corrected chi connectivity index (χ0v) is 11.1. The fraction of sp³-hybridized carbons (Fsp3) is 0.154. The Balaban J connectivity index is 2.09. The summed E-state index contributed by atoms with van der Waals surface area (Å²) in [4.78, 5) is 20.9. The number of anilines is 1. The second kappa shape index (κ2) is 6.09. The van der Waals surface area contributed by atoms with Crippen molar-refractivity contribution < 1.29 is 4.79 Å². The first-order valence-corrected chi connectivity index (χ1v) is 6.39. The fourth-order valence-corrected chi connectivity index (χ4v) is 2.07. The van der Waals surface area contributed by atoms with E-state index < -0.39 is 0 Å². The quantitative estimate of drug-likeness (QED) is 0.810. The largest absolute Gasteiger partial charge is 0.320 e. The van der Waals surface area contributed by atoms with Gasteiger partial charge in [0.15, 0.2) is 5.13 Å². The number of aromatic nitrogens is 2. The van der Waals surface area contributed by atoms with Crippen molar-refractivity contribution in [3.8, 4) is 11.8 Å². The predicted molar refractivity (Wildman–Crippen MR) is 75.0 cm³/mol. The summed E-state index contributed by atoms with van der Waals surface area (Å²) in [5.41, 5.74) is 6.63. The van der Waals surface area contributed by atoms with Crippen molar-refractivity contribution in [2.24, 2.45) is 5.73 Å². The lowest BCUT2D eigenvalue weighted by Crippen LogP contribution is -2.11. The molecule has 0 atom stereocenters. The fourth-order valence-electron chi connectivity index (χ4n) is 1.38. The van der Waals surface area contributed by atoms with Crippen LogP contribution in [-0.2, 0) is 0 Å². The molecule has 2 aromatic heterocycles. The summed E-state index contributed by atoms with van der Waals surface area (Å²) in [6, 6.07) is 3.38. The average molecular weight is 272 g/mol. The number of carbonyl (C=O) groups is 1. The van der Waals surface area contributed by atoms with Crippen molar-refractivity contribution in [3.05, 3.63) is 40.7 Å². The van der Waals surface area contributed by atoms with Crippen LogP contribution in [0.25, 0.3) is 0 Å². The minimum Gasteiger partial charge on any atom is -0.320 e. The molecule has 0 saturated heterocycles. The predicted octanol–water partition coefficient (Wildman–Crippen LogP) is 1.41. The van der Waals surface area contributed by atoms with Crippen LogP contribution in [0, 0.1) is 18.8 Å². The van der Waals surface area contributed by atoms with Gasteiger partial charge in [-0.15, -0.1) is 0 Å². The zero-order valence-electron chi connectivity index (χ0n) is 10.3. The second-order valence-corrected chi connectivity index (χ2v) is 4.71. The van der Waals surface area contributed by atoms with Gasteiger partial charge in [-0.2, -0.15) is 0 Å². The van der Waals surface area contributed by atoms with Gasteiger partial charge in [-0.3, -0.25) is 15.1 Å². The lowest BCUT2D eigenvalue weighted by Gasteiger charge is -2.01. The Bertz CT molecular complexity index is 654. The van der Waals surface area contributed by atoms with Crippen molar-refractivity contribution in [2.75, 3.05) is 11.9 Å². The highest BCUT2D eigenvalue weighted by Gasteiger charge is 2.08. The van der Waals surface area contributed by atoms with E-state index in [4.69, 9.17) is 5.73 Å². The number of hydrogen-bond acceptors (Lipinski definition) is 5. The number of nitrogens with two attached hydrogens (primary N) is 1. The summed E-state index contributed by atoms with van der Waals surface area (Å²) in [5.74, 6) is 5.39. The molecule has 0 aliphatic rings. The van der Waals surface area contributed by atoms with Gasteiger partial charge in [0.1, 0.15) is 0 Å². The Morgan fingerprint density at radius 3 is 3.11 bits per heavy atom. The first-order valence-electron chi connectivity index (χ1n) is 5.58. The van der Waals surface area contributed by atoms with Gasteiger partial charge in [-0.25, -0.2) is 4.98 Å². The molecule has 3 N–H and O–H groups in total. The Labute approximate surface area is 114 Å². The third-order valence-electron chi connectivity index (χ3n) is 2.20. The number of hydrogen-bond donors (Lipinski definition) is 2. The van der Waals surface area contributed by atoms with Crippen molar-refractivity contribution in [3.63, 3.8) is 0 Å². The summed E-state index contributed by atoms with van der Waals surface area (Å²) < 4.78 is 0. The van der Waals surface area contributed by atoms with Crippen LogP contribution in [0.5, 0.6) is 0 Å². The van der Waals surface area contributed by atoms with E-state index >= 15 is 0 Å². The maximum atomic E-state index is 12.0. The monoisotopic (exact) mass is 272 g/mol. The van der Waals surface area contributed by atoms with Gasteiger partial charge in [0, 0.05) is 17.5 Å². The number of amides is 1. The first kappa shape index (κ1) is 13.2. The van der Waals surface area contributed by atoms with Gasteiger partial charge in [0.25, 0.3) is 5.91 Å². The third-order valence-corrected chi connectivity index (χ3v) is 3.03. The number of rotatable bonds is 2. The average Bonchev–Trinajstić information content (AvgIpc) is 2.84. The summed E-state index contributed by atoms with van der Waals surface area (Å²) in [6.07, 6.45) is 3.21. The smallest absolute Gasteiger partial charge is 0.257 e. The van der Waals surface area contributed by atoms with Gasteiger partial charge >= 0.3 is 0 Å². The van der Waals surface area contributed by atoms with Crippen molar-refractivity contribution in [1.29, 1.82) is 0 Å². The highest BCUT2D eigenvalue weighted by molar-refractivity contribution is 7.16. The van der Waals surface area contributed by atoms with Gasteiger partial charge in [-0.1, -0.05) is 23.2 Å². The van der Waals surface area contributed by atoms with Crippen molar-refractivity contribution in [2.45, 2.75) is 6.92 Å². The highest BCUT2D eigenvalue weighted by atomic mass is 32.1. The Hall–Kier alpha value is -2.23. The normalized spacial score (nSPS) is 9.58. The van der Waals surface area contributed by atoms with E-state index in [1.807, 2.05) is 6.92 Å². The molecule has 19 heavy (non-hydrogen) atoms. The molecule has 2 heterocycles. The summed E-state index contributed by atoms with van der Waals surface area (Å²) >= 11 is 1.31. The molecule has 0 radical (unpaired) electrons. The molecule has 0 aliphatic carbocycles. The third kappa shape index (κ3) is 3.61. The van der Waals surface area contributed by atoms with Gasteiger partial charge in [-0.05, 0) is 19.1 Å². The summed E-state index contributed by atoms with van der Waals surface area (Å²) in [5, 5.41) is 3.24. The van der Waals surface area contributed by atoms with Crippen LogP contribution in [-0.4, -0.2) is 22.4 Å². The molecule has 0 spiro atoms. The lowest BCUT2D eigenvalue weighted by molar-refractivity contribution is 0.102. The molecule has 0 unspecified atom stereocenters. The van der Waals surface area contributed by atoms with Gasteiger partial charge in [0.2, 0.25) is 0 Å². The summed E-state index contributed by atoms with van der Waals surface area (Å²) in [7, 11) is 0. The maximum Gasteiger partial charge on any atom is 0.257 e. The molecule has 5 nitrogen and oxygen atoms in total. The molecular formula is C13H12N4OS. The van der Waals surface area contributed by atoms with Crippen LogP contribution < -0.4 is 11.1 Å². The minimum absolute atomic E-state index is 0.210. The van der Waals surface area contributed by atoms with Crippen molar-refractivity contribution in [1.82, 2.24) is 9.97 Å². The molecule has 2 rings (SSSR count). The number of thiazole rings is 1. The van der Waals surface area contributed by atoms with Gasteiger partial charge in [0.05, 0.1) is 17.6 Å². The molecule has 0 aromatic carbocycles. The van der Waals surface area contributed by atoms with Crippen LogP contribution in [0.3, 0.4) is 0 Å². The lowest BCUT2D eigenvalue weighted by atomic mass is 10.2. The topological polar surface area (TPSA) is 80.9 Å². The Kier molecular flexibility index (Phi) is 4.23. The molecular weight excluding hydrogens is 260 g/mol. The van der Waals surface area contributed by atoms with Crippen LogP contribution in [0.1, 0.15) is 20.9 Å². The Morgan fingerprint density at radius 2 is 2.37 bits per heavy atom. The molecule has 96 valence electrons. The summed E-state index contributed by atoms with van der Waals surface area (Å²) in [6.45, 7) is 2.14. The second-order valence-electron chi connectivity index (χ2n) is 3.68. The Morgan fingerprint density at radius 1 is 1.53 bits per heavy atom. The standard InChI is InChI=1S/C13H12N4OS/c1-9-7-10(4-6-15-9)12(18)17-13-16-8-11(19-13)3-2-5-14/h4,6-8H,5,14H2,1H3,(H,16,17,18). The molecule has 0 aliphatic heterocycles. The van der Waals surface area contributed by atoms with Gasteiger partial charge < -0.3 is 5.73 Å². The van der Waals surface area contributed by atoms with E-state index in [2.05, 4.69) is 27.1 Å². The number of nitrogens with zero attached hydrogens (tertiary/aromatic N) is 2. The zero-order chi connectivity index (χ0) is 13.7. The number of carbonyl (C=O) groups excluding carboxylic acids is 1. The highest BCUT2D eigenvalue weighted by Crippen LogP contribution is 2.17. The molecule has 0 saturated carbocycles. The molecule has 0 fully saturated rings. The molecule has 0 bridgehead atoms. The number of nitrogens with one attached hydrogen (secondary N) is 1. The maximum absolute atomic E-state index is 12.0. The SMILES string of the molecule is Cc1cc(C(=O)Nc2ncc(C#CCN)s2)ccn1.